The average Bonchev–Trinajstić information content (AvgIpc) is 3.27. The Morgan fingerprint density at radius 2 is 1.97 bits per heavy atom. The monoisotopic (exact) mass is 431 g/mol. The molecule has 0 spiro atoms. The highest BCUT2D eigenvalue weighted by Crippen LogP contribution is 2.26. The van der Waals surface area contributed by atoms with E-state index in [0.29, 0.717) is 6.04 Å². The summed E-state index contributed by atoms with van der Waals surface area (Å²) >= 11 is 0. The molecule has 6 nitrogen and oxygen atoms in total. The minimum Gasteiger partial charge on any atom is -0.495 e. The summed E-state index contributed by atoms with van der Waals surface area (Å²) in [4.78, 5) is 11.3. The van der Waals surface area contributed by atoms with E-state index in [1.807, 2.05) is 18.6 Å². The topological polar surface area (TPSA) is 55.2 Å². The zero-order valence-corrected chi connectivity index (χ0v) is 18.9. The van der Waals surface area contributed by atoms with Gasteiger partial charge in [0.15, 0.2) is 0 Å². The SMILES string of the molecule is COc1cncc(-c2cn(Cc3ccc(N4CCCC(NCC5CCC5)C4)cc3)cn2)c1. The number of anilines is 1. The Morgan fingerprint density at radius 1 is 1.09 bits per heavy atom. The second-order valence-electron chi connectivity index (χ2n) is 9.20. The molecule has 2 fully saturated rings. The van der Waals surface area contributed by atoms with Crippen molar-refractivity contribution in [2.24, 2.45) is 5.92 Å². The summed E-state index contributed by atoms with van der Waals surface area (Å²) in [5, 5.41) is 3.83. The molecule has 1 unspecified atom stereocenters. The maximum absolute atomic E-state index is 5.27. The quantitative estimate of drug-likeness (QED) is 0.574. The lowest BCUT2D eigenvalue weighted by molar-refractivity contribution is 0.280. The third-order valence-electron chi connectivity index (χ3n) is 6.89. The molecule has 1 atom stereocenters. The van der Waals surface area contributed by atoms with Crippen LogP contribution < -0.4 is 15.0 Å². The number of pyridine rings is 1. The molecule has 1 saturated heterocycles. The number of nitrogens with zero attached hydrogens (tertiary/aromatic N) is 4. The zero-order valence-electron chi connectivity index (χ0n) is 18.9. The van der Waals surface area contributed by atoms with Crippen molar-refractivity contribution in [3.8, 4) is 17.0 Å². The predicted molar refractivity (Wildman–Crippen MR) is 128 cm³/mol. The van der Waals surface area contributed by atoms with Crippen LogP contribution in [-0.2, 0) is 6.54 Å². The summed E-state index contributed by atoms with van der Waals surface area (Å²) in [6, 6.07) is 11.6. The molecule has 0 radical (unpaired) electrons. The van der Waals surface area contributed by atoms with E-state index < -0.39 is 0 Å². The van der Waals surface area contributed by atoms with E-state index in [4.69, 9.17) is 4.74 Å². The first kappa shape index (κ1) is 21.0. The molecule has 2 aliphatic rings. The van der Waals surface area contributed by atoms with Gasteiger partial charge in [-0.1, -0.05) is 18.6 Å². The van der Waals surface area contributed by atoms with Gasteiger partial charge in [0.05, 0.1) is 25.3 Å². The van der Waals surface area contributed by atoms with Crippen LogP contribution in [0.1, 0.15) is 37.7 Å². The minimum absolute atomic E-state index is 0.625. The summed E-state index contributed by atoms with van der Waals surface area (Å²) in [7, 11) is 1.65. The van der Waals surface area contributed by atoms with Gasteiger partial charge in [0.1, 0.15) is 5.75 Å². The highest BCUT2D eigenvalue weighted by molar-refractivity contribution is 5.58. The molecule has 6 heteroatoms. The van der Waals surface area contributed by atoms with Crippen molar-refractivity contribution in [3.05, 3.63) is 60.8 Å². The normalized spacial score (nSPS) is 19.0. The number of ether oxygens (including phenoxy) is 1. The Kier molecular flexibility index (Phi) is 6.39. The molecule has 1 aliphatic carbocycles. The van der Waals surface area contributed by atoms with Crippen LogP contribution in [0.2, 0.25) is 0 Å². The third-order valence-corrected chi connectivity index (χ3v) is 6.89. The minimum atomic E-state index is 0.625. The second-order valence-corrected chi connectivity index (χ2v) is 9.20. The van der Waals surface area contributed by atoms with Crippen molar-refractivity contribution in [1.82, 2.24) is 19.9 Å². The molecule has 1 aromatic carbocycles. The Balaban J connectivity index is 1.18. The van der Waals surface area contributed by atoms with Crippen LogP contribution in [0.3, 0.4) is 0 Å². The maximum atomic E-state index is 5.27. The molecule has 3 heterocycles. The summed E-state index contributed by atoms with van der Waals surface area (Å²) < 4.78 is 7.39. The molecule has 1 aliphatic heterocycles. The van der Waals surface area contributed by atoms with Crippen LogP contribution in [0.4, 0.5) is 5.69 Å². The Morgan fingerprint density at radius 3 is 2.75 bits per heavy atom. The Labute approximate surface area is 190 Å². The molecular formula is C26H33N5O. The lowest BCUT2D eigenvalue weighted by atomic mass is 9.85. The van der Waals surface area contributed by atoms with Crippen LogP contribution in [-0.4, -0.2) is 47.3 Å². The van der Waals surface area contributed by atoms with Gasteiger partial charge < -0.3 is 19.5 Å². The number of rotatable bonds is 8. The van der Waals surface area contributed by atoms with E-state index in [9.17, 15) is 0 Å². The van der Waals surface area contributed by atoms with Gasteiger partial charge in [0.25, 0.3) is 0 Å². The van der Waals surface area contributed by atoms with Crippen LogP contribution in [0, 0.1) is 5.92 Å². The van der Waals surface area contributed by atoms with Crippen molar-refractivity contribution in [2.75, 3.05) is 31.6 Å². The van der Waals surface area contributed by atoms with Gasteiger partial charge >= 0.3 is 0 Å². The van der Waals surface area contributed by atoms with Gasteiger partial charge in [-0.25, -0.2) is 4.98 Å². The highest BCUT2D eigenvalue weighted by atomic mass is 16.5. The number of aromatic nitrogens is 3. The van der Waals surface area contributed by atoms with Gasteiger partial charge in [-0.2, -0.15) is 0 Å². The van der Waals surface area contributed by atoms with Crippen LogP contribution in [0.5, 0.6) is 5.75 Å². The molecule has 1 saturated carbocycles. The van der Waals surface area contributed by atoms with Crippen molar-refractivity contribution in [1.29, 1.82) is 0 Å². The Bertz CT molecular complexity index is 1010. The molecule has 32 heavy (non-hydrogen) atoms. The fourth-order valence-corrected chi connectivity index (χ4v) is 4.70. The first-order valence-corrected chi connectivity index (χ1v) is 11.9. The molecule has 168 valence electrons. The summed E-state index contributed by atoms with van der Waals surface area (Å²) in [6.07, 6.45) is 14.3. The lowest BCUT2D eigenvalue weighted by Gasteiger charge is -2.36. The number of hydrogen-bond acceptors (Lipinski definition) is 5. The maximum Gasteiger partial charge on any atom is 0.137 e. The number of methoxy groups -OCH3 is 1. The average molecular weight is 432 g/mol. The number of nitrogens with one attached hydrogen (secondary N) is 1. The summed E-state index contributed by atoms with van der Waals surface area (Å²) in [5.74, 6) is 1.67. The lowest BCUT2D eigenvalue weighted by Crippen LogP contribution is -2.47. The van der Waals surface area contributed by atoms with E-state index >= 15 is 0 Å². The fraction of sp³-hybridized carbons (Fsp3) is 0.462. The van der Waals surface area contributed by atoms with Gasteiger partial charge in [-0.3, -0.25) is 4.98 Å². The fourth-order valence-electron chi connectivity index (χ4n) is 4.70. The molecule has 0 bridgehead atoms. The number of hydrogen-bond donors (Lipinski definition) is 1. The van der Waals surface area contributed by atoms with Gasteiger partial charge in [-0.15, -0.1) is 0 Å². The second kappa shape index (κ2) is 9.74. The number of imidazole rings is 1. The number of benzene rings is 1. The third kappa shape index (κ3) is 4.96. The first-order chi connectivity index (χ1) is 15.8. The van der Waals surface area contributed by atoms with Gasteiger partial charge in [-0.05, 0) is 61.9 Å². The van der Waals surface area contributed by atoms with E-state index in [1.54, 1.807) is 13.3 Å². The summed E-state index contributed by atoms with van der Waals surface area (Å²) in [5.41, 5.74) is 4.47. The summed E-state index contributed by atoms with van der Waals surface area (Å²) in [6.45, 7) is 4.28. The van der Waals surface area contributed by atoms with E-state index in [0.717, 1.165) is 42.6 Å². The first-order valence-electron chi connectivity index (χ1n) is 11.9. The van der Waals surface area contributed by atoms with E-state index in [-0.39, 0.29) is 0 Å². The van der Waals surface area contributed by atoms with Crippen molar-refractivity contribution in [2.45, 2.75) is 44.7 Å². The molecule has 1 N–H and O–H groups in total. The largest absolute Gasteiger partial charge is 0.495 e. The van der Waals surface area contributed by atoms with Gasteiger partial charge in [0, 0.05) is 49.3 Å². The van der Waals surface area contributed by atoms with Crippen molar-refractivity contribution < 1.29 is 4.74 Å². The highest BCUT2D eigenvalue weighted by Gasteiger charge is 2.23. The van der Waals surface area contributed by atoms with Crippen molar-refractivity contribution >= 4 is 5.69 Å². The van der Waals surface area contributed by atoms with Gasteiger partial charge in [0.2, 0.25) is 0 Å². The zero-order chi connectivity index (χ0) is 21.8. The smallest absolute Gasteiger partial charge is 0.137 e. The van der Waals surface area contributed by atoms with Crippen molar-refractivity contribution in [3.63, 3.8) is 0 Å². The molecule has 5 rings (SSSR count). The Hall–Kier alpha value is -2.86. The van der Waals surface area contributed by atoms with Crippen LogP contribution in [0.25, 0.3) is 11.3 Å². The van der Waals surface area contributed by atoms with Crippen LogP contribution >= 0.6 is 0 Å². The van der Waals surface area contributed by atoms with E-state index in [2.05, 4.69) is 55.2 Å². The molecule has 2 aromatic heterocycles. The van der Waals surface area contributed by atoms with Crippen LogP contribution in [0.15, 0.2) is 55.2 Å². The number of piperidine rings is 1. The predicted octanol–water partition coefficient (Wildman–Crippen LogP) is 4.36. The molecule has 0 amide bonds. The van der Waals surface area contributed by atoms with E-state index in [1.165, 1.54) is 49.9 Å². The molecular weight excluding hydrogens is 398 g/mol. The standard InChI is InChI=1S/C26H33N5O/c1-32-25-12-22(14-27-15-25)26-18-30(19-29-26)16-21-7-9-24(10-8-21)31-11-3-6-23(17-31)28-13-20-4-2-5-20/h7-10,12,14-15,18-20,23,28H,2-6,11,13,16-17H2,1H3. The molecule has 3 aromatic rings.